The van der Waals surface area contributed by atoms with Crippen molar-refractivity contribution in [3.05, 3.63) is 38.4 Å². The van der Waals surface area contributed by atoms with Gasteiger partial charge in [-0.2, -0.15) is 0 Å². The van der Waals surface area contributed by atoms with Gasteiger partial charge in [0.25, 0.3) is 5.91 Å². The average Bonchev–Trinajstić information content (AvgIpc) is 3.20. The Morgan fingerprint density at radius 3 is 2.67 bits per heavy atom. The summed E-state index contributed by atoms with van der Waals surface area (Å²) in [5.74, 6) is -2.64. The van der Waals surface area contributed by atoms with E-state index in [2.05, 4.69) is 46.7 Å². The lowest BCUT2D eigenvalue weighted by Crippen LogP contribution is -2.53. The summed E-state index contributed by atoms with van der Waals surface area (Å²) in [5.41, 5.74) is 0.862. The van der Waals surface area contributed by atoms with Gasteiger partial charge in [0, 0.05) is 49.3 Å². The van der Waals surface area contributed by atoms with Gasteiger partial charge in [-0.25, -0.2) is 9.97 Å². The summed E-state index contributed by atoms with van der Waals surface area (Å²) in [6.07, 6.45) is 2.29. The molecule has 3 N–H and O–H groups in total. The van der Waals surface area contributed by atoms with Gasteiger partial charge < -0.3 is 25.8 Å². The number of likely N-dealkylation sites (N-methyl/N-ethyl adjacent to an activating group) is 2. The molecule has 0 aliphatic carbocycles. The van der Waals surface area contributed by atoms with Crippen LogP contribution in [0.1, 0.15) is 20.4 Å². The van der Waals surface area contributed by atoms with Gasteiger partial charge in [-0.05, 0) is 41.5 Å². The first kappa shape index (κ1) is 24.7. The molecular formula is C20H24BrN7O4S. The van der Waals surface area contributed by atoms with E-state index in [4.69, 9.17) is 0 Å². The number of pyridine rings is 1. The molecule has 0 saturated carbocycles. The van der Waals surface area contributed by atoms with Crippen LogP contribution in [0.15, 0.2) is 22.8 Å². The predicted molar refractivity (Wildman–Crippen MR) is 126 cm³/mol. The fourth-order valence-corrected chi connectivity index (χ4v) is 4.25. The van der Waals surface area contributed by atoms with Crippen molar-refractivity contribution < 1.29 is 19.2 Å². The number of anilines is 1. The molecule has 33 heavy (non-hydrogen) atoms. The SMILES string of the molecule is CN1CCc2sc(C(=O)N[C@@H](CNC(=O)C(=O)Nc3ccc(Br)cn3)C(=O)N(C)C)nc2C1. The maximum absolute atomic E-state index is 12.8. The second kappa shape index (κ2) is 10.8. The summed E-state index contributed by atoms with van der Waals surface area (Å²) in [6.45, 7) is 1.29. The van der Waals surface area contributed by atoms with Gasteiger partial charge in [0.2, 0.25) is 5.91 Å². The van der Waals surface area contributed by atoms with Gasteiger partial charge in [0.05, 0.1) is 5.69 Å². The lowest BCUT2D eigenvalue weighted by molar-refractivity contribution is -0.136. The molecule has 3 rings (SSSR count). The molecule has 0 fully saturated rings. The van der Waals surface area contributed by atoms with Crippen LogP contribution >= 0.6 is 27.3 Å². The average molecular weight is 538 g/mol. The maximum Gasteiger partial charge on any atom is 0.314 e. The van der Waals surface area contributed by atoms with Gasteiger partial charge >= 0.3 is 11.8 Å². The molecule has 1 aliphatic heterocycles. The van der Waals surface area contributed by atoms with E-state index in [1.54, 1.807) is 6.07 Å². The molecule has 2 aromatic rings. The minimum Gasteiger partial charge on any atom is -0.347 e. The molecular weight excluding hydrogens is 514 g/mol. The van der Waals surface area contributed by atoms with Gasteiger partial charge in [0.1, 0.15) is 11.9 Å². The standard InChI is InChI=1S/C20H24BrN7O4S/c1-27(2)20(32)12(9-23-16(29)17(30)26-15-5-4-11(21)8-22-15)24-18(31)19-25-13-10-28(3)7-6-14(13)33-19/h4-5,8,12H,6-7,9-10H2,1-3H3,(H,23,29)(H,24,31)(H,22,26,30)/t12-/m0/s1. The zero-order valence-corrected chi connectivity index (χ0v) is 20.7. The molecule has 176 valence electrons. The van der Waals surface area contributed by atoms with Crippen LogP contribution in [-0.2, 0) is 27.3 Å². The fourth-order valence-electron chi connectivity index (χ4n) is 3.06. The zero-order chi connectivity index (χ0) is 24.1. The topological polar surface area (TPSA) is 137 Å². The van der Waals surface area contributed by atoms with Crippen LogP contribution in [0, 0.1) is 0 Å². The van der Waals surface area contributed by atoms with Crippen LogP contribution in [0.3, 0.4) is 0 Å². The summed E-state index contributed by atoms with van der Waals surface area (Å²) >= 11 is 4.53. The minimum absolute atomic E-state index is 0.200. The van der Waals surface area contributed by atoms with Crippen LogP contribution < -0.4 is 16.0 Å². The first-order valence-corrected chi connectivity index (χ1v) is 11.6. The lowest BCUT2D eigenvalue weighted by Gasteiger charge is -2.21. The lowest BCUT2D eigenvalue weighted by atomic mass is 10.2. The second-order valence-corrected chi connectivity index (χ2v) is 9.66. The molecule has 0 saturated heterocycles. The van der Waals surface area contributed by atoms with Crippen molar-refractivity contribution in [3.63, 3.8) is 0 Å². The predicted octanol–water partition coefficient (Wildman–Crippen LogP) is 0.230. The molecule has 2 aromatic heterocycles. The number of thiazole rings is 1. The van der Waals surface area contributed by atoms with E-state index < -0.39 is 29.7 Å². The van der Waals surface area contributed by atoms with Crippen molar-refractivity contribution in [2.75, 3.05) is 39.5 Å². The van der Waals surface area contributed by atoms with Crippen LogP contribution in [0.5, 0.6) is 0 Å². The first-order chi connectivity index (χ1) is 15.6. The smallest absolute Gasteiger partial charge is 0.314 e. The molecule has 3 heterocycles. The Labute approximate surface area is 203 Å². The molecule has 1 aliphatic rings. The second-order valence-electron chi connectivity index (χ2n) is 7.66. The van der Waals surface area contributed by atoms with Crippen LogP contribution in [0.25, 0.3) is 0 Å². The molecule has 0 radical (unpaired) electrons. The molecule has 0 bridgehead atoms. The van der Waals surface area contributed by atoms with Crippen molar-refractivity contribution in [3.8, 4) is 0 Å². The number of carbonyl (C=O) groups excluding carboxylic acids is 4. The number of hydrogen-bond donors (Lipinski definition) is 3. The highest BCUT2D eigenvalue weighted by Gasteiger charge is 2.27. The third-order valence-corrected chi connectivity index (χ3v) is 6.42. The highest BCUT2D eigenvalue weighted by atomic mass is 79.9. The zero-order valence-electron chi connectivity index (χ0n) is 18.3. The van der Waals surface area contributed by atoms with Crippen molar-refractivity contribution in [2.24, 2.45) is 0 Å². The van der Waals surface area contributed by atoms with Gasteiger partial charge in [0.15, 0.2) is 5.01 Å². The van der Waals surface area contributed by atoms with Gasteiger partial charge in [-0.3, -0.25) is 19.2 Å². The Bertz CT molecular complexity index is 1060. The molecule has 11 nitrogen and oxygen atoms in total. The van der Waals surface area contributed by atoms with Crippen LogP contribution in [0.4, 0.5) is 5.82 Å². The van der Waals surface area contributed by atoms with Crippen LogP contribution in [-0.4, -0.2) is 83.7 Å². The van der Waals surface area contributed by atoms with Crippen LogP contribution in [0.2, 0.25) is 0 Å². The number of fused-ring (bicyclic) bond motifs is 1. The summed E-state index contributed by atoms with van der Waals surface area (Å²) in [5, 5.41) is 7.64. The minimum atomic E-state index is -1.07. The quantitative estimate of drug-likeness (QED) is 0.448. The van der Waals surface area contributed by atoms with E-state index in [1.165, 1.54) is 42.6 Å². The Balaban J connectivity index is 1.62. The van der Waals surface area contributed by atoms with Crippen molar-refractivity contribution >= 4 is 56.7 Å². The molecule has 0 spiro atoms. The molecule has 0 unspecified atom stereocenters. The molecule has 13 heteroatoms. The number of halogens is 1. The van der Waals surface area contributed by atoms with Crippen molar-refractivity contribution in [1.29, 1.82) is 0 Å². The van der Waals surface area contributed by atoms with E-state index in [1.807, 2.05) is 7.05 Å². The Kier molecular flexibility index (Phi) is 8.10. The number of carbonyl (C=O) groups is 4. The van der Waals surface area contributed by atoms with E-state index in [-0.39, 0.29) is 17.4 Å². The number of rotatable bonds is 6. The van der Waals surface area contributed by atoms with Crippen molar-refractivity contribution in [2.45, 2.75) is 19.0 Å². The van der Waals surface area contributed by atoms with Gasteiger partial charge in [-0.1, -0.05) is 0 Å². The highest BCUT2D eigenvalue weighted by molar-refractivity contribution is 9.10. The maximum atomic E-state index is 12.8. The largest absolute Gasteiger partial charge is 0.347 e. The highest BCUT2D eigenvalue weighted by Crippen LogP contribution is 2.24. The van der Waals surface area contributed by atoms with E-state index >= 15 is 0 Å². The third-order valence-electron chi connectivity index (χ3n) is 4.80. The fraction of sp³-hybridized carbons (Fsp3) is 0.400. The Hall–Kier alpha value is -2.90. The van der Waals surface area contributed by atoms with E-state index in [0.29, 0.717) is 6.54 Å². The number of nitrogens with zero attached hydrogens (tertiary/aromatic N) is 4. The Morgan fingerprint density at radius 1 is 1.24 bits per heavy atom. The normalized spacial score (nSPS) is 14.1. The summed E-state index contributed by atoms with van der Waals surface area (Å²) in [4.78, 5) is 62.5. The summed E-state index contributed by atoms with van der Waals surface area (Å²) < 4.78 is 0.721. The molecule has 1 atom stereocenters. The number of amides is 4. The van der Waals surface area contributed by atoms with E-state index in [0.717, 1.165) is 28.0 Å². The van der Waals surface area contributed by atoms with Gasteiger partial charge in [-0.15, -0.1) is 11.3 Å². The first-order valence-electron chi connectivity index (χ1n) is 10.0. The van der Waals surface area contributed by atoms with Crippen molar-refractivity contribution in [1.82, 2.24) is 30.4 Å². The number of nitrogens with one attached hydrogen (secondary N) is 3. The van der Waals surface area contributed by atoms with E-state index in [9.17, 15) is 19.2 Å². The molecule has 4 amide bonds. The molecule has 0 aromatic carbocycles. The summed E-state index contributed by atoms with van der Waals surface area (Å²) in [7, 11) is 5.06. The number of aromatic nitrogens is 2. The number of hydrogen-bond acceptors (Lipinski definition) is 8. The Morgan fingerprint density at radius 2 is 2.00 bits per heavy atom. The summed E-state index contributed by atoms with van der Waals surface area (Å²) in [6, 6.07) is 2.12. The third kappa shape index (κ3) is 6.55. The monoisotopic (exact) mass is 537 g/mol.